The van der Waals surface area contributed by atoms with Crippen LogP contribution in [0.1, 0.15) is 36.8 Å². The summed E-state index contributed by atoms with van der Waals surface area (Å²) in [6.45, 7) is 2.67. The molecule has 0 spiro atoms. The van der Waals surface area contributed by atoms with E-state index in [0.29, 0.717) is 13.0 Å². The Bertz CT molecular complexity index is 833. The van der Waals surface area contributed by atoms with Crippen molar-refractivity contribution >= 4 is 12.1 Å². The highest BCUT2D eigenvalue weighted by Gasteiger charge is 2.36. The summed E-state index contributed by atoms with van der Waals surface area (Å²) in [6.07, 6.45) is 0.751. The maximum Gasteiger partial charge on any atom is 0.410 e. The second kappa shape index (κ2) is 7.06. The number of amides is 1. The van der Waals surface area contributed by atoms with E-state index in [2.05, 4.69) is 24.3 Å². The molecule has 2 aliphatic rings. The van der Waals surface area contributed by atoms with Gasteiger partial charge in [0.15, 0.2) is 0 Å². The average molecular weight is 365 g/mol. The number of carbonyl (C=O) groups excluding carboxylic acids is 1. The third-order valence-electron chi connectivity index (χ3n) is 5.67. The van der Waals surface area contributed by atoms with E-state index in [1.54, 1.807) is 0 Å². The van der Waals surface area contributed by atoms with E-state index in [4.69, 9.17) is 4.74 Å². The highest BCUT2D eigenvalue weighted by atomic mass is 16.6. The van der Waals surface area contributed by atoms with Crippen molar-refractivity contribution in [2.24, 2.45) is 5.92 Å². The third-order valence-corrected chi connectivity index (χ3v) is 5.67. The van der Waals surface area contributed by atoms with E-state index < -0.39 is 18.1 Å². The Kier molecular flexibility index (Phi) is 4.60. The number of piperidine rings is 1. The van der Waals surface area contributed by atoms with Gasteiger partial charge in [-0.05, 0) is 41.0 Å². The Labute approximate surface area is 158 Å². The summed E-state index contributed by atoms with van der Waals surface area (Å²) in [4.78, 5) is 25.6. The molecule has 1 N–H and O–H groups in total. The molecule has 2 atom stereocenters. The zero-order valence-electron chi connectivity index (χ0n) is 15.3. The number of hydrogen-bond acceptors (Lipinski definition) is 3. The van der Waals surface area contributed by atoms with Crippen molar-refractivity contribution < 1.29 is 19.4 Å². The number of hydrogen-bond donors (Lipinski definition) is 1. The molecule has 1 saturated heterocycles. The van der Waals surface area contributed by atoms with Gasteiger partial charge in [0.25, 0.3) is 0 Å². The number of likely N-dealkylation sites (tertiary alicyclic amines) is 1. The van der Waals surface area contributed by atoms with Crippen LogP contribution in [-0.4, -0.2) is 41.3 Å². The minimum atomic E-state index is -0.963. The predicted octanol–water partition coefficient (Wildman–Crippen LogP) is 4.12. The molecular weight excluding hydrogens is 342 g/mol. The number of ether oxygens (including phenoxy) is 1. The quantitative estimate of drug-likeness (QED) is 0.888. The molecule has 5 heteroatoms. The molecule has 1 amide bonds. The molecule has 1 fully saturated rings. The predicted molar refractivity (Wildman–Crippen MR) is 102 cm³/mol. The Morgan fingerprint density at radius 1 is 1.04 bits per heavy atom. The van der Waals surface area contributed by atoms with Crippen LogP contribution in [0.2, 0.25) is 0 Å². The summed E-state index contributed by atoms with van der Waals surface area (Å²) in [7, 11) is 0. The average Bonchev–Trinajstić information content (AvgIpc) is 3.00. The highest BCUT2D eigenvalue weighted by molar-refractivity contribution is 5.81. The molecule has 0 saturated carbocycles. The zero-order valence-corrected chi connectivity index (χ0v) is 15.3. The number of carbonyl (C=O) groups is 2. The molecule has 2 aromatic rings. The summed E-state index contributed by atoms with van der Waals surface area (Å²) in [5.41, 5.74) is 4.63. The lowest BCUT2D eigenvalue weighted by atomic mass is 9.94. The molecule has 1 aliphatic carbocycles. The van der Waals surface area contributed by atoms with Crippen molar-refractivity contribution in [3.8, 4) is 11.1 Å². The van der Waals surface area contributed by atoms with Crippen LogP contribution in [0.5, 0.6) is 0 Å². The molecule has 0 aromatic heterocycles. The van der Waals surface area contributed by atoms with Crippen molar-refractivity contribution in [3.63, 3.8) is 0 Å². The Morgan fingerprint density at radius 3 is 2.22 bits per heavy atom. The van der Waals surface area contributed by atoms with E-state index in [1.165, 1.54) is 16.0 Å². The molecule has 4 rings (SSSR count). The van der Waals surface area contributed by atoms with Crippen molar-refractivity contribution in [2.45, 2.75) is 31.7 Å². The molecule has 1 aliphatic heterocycles. The van der Waals surface area contributed by atoms with Gasteiger partial charge in [0.1, 0.15) is 12.6 Å². The van der Waals surface area contributed by atoms with Crippen molar-refractivity contribution in [1.29, 1.82) is 0 Å². The van der Waals surface area contributed by atoms with Gasteiger partial charge in [-0.1, -0.05) is 55.5 Å². The second-order valence-electron chi connectivity index (χ2n) is 7.49. The largest absolute Gasteiger partial charge is 0.480 e. The topological polar surface area (TPSA) is 66.8 Å². The SMILES string of the molecule is C[C@@H]1CC[C@H](C(=O)O)N(C(=O)OCC2c3ccccc3-c3ccccc32)C1. The lowest BCUT2D eigenvalue weighted by molar-refractivity contribution is -0.144. The van der Waals surface area contributed by atoms with Crippen LogP contribution in [-0.2, 0) is 9.53 Å². The first kappa shape index (κ1) is 17.6. The molecule has 1 heterocycles. The van der Waals surface area contributed by atoms with Gasteiger partial charge in [0.05, 0.1) is 0 Å². The molecule has 5 nitrogen and oxygen atoms in total. The van der Waals surface area contributed by atoms with Gasteiger partial charge in [-0.3, -0.25) is 4.90 Å². The molecule has 2 aromatic carbocycles. The molecule has 0 bridgehead atoms. The van der Waals surface area contributed by atoms with Gasteiger partial charge < -0.3 is 9.84 Å². The van der Waals surface area contributed by atoms with E-state index in [0.717, 1.165) is 17.5 Å². The van der Waals surface area contributed by atoms with Crippen LogP contribution in [0, 0.1) is 5.92 Å². The normalized spacial score (nSPS) is 21.4. The van der Waals surface area contributed by atoms with Crippen LogP contribution in [0.25, 0.3) is 11.1 Å². The Morgan fingerprint density at radius 2 is 1.63 bits per heavy atom. The van der Waals surface area contributed by atoms with Crippen LogP contribution >= 0.6 is 0 Å². The molecule has 27 heavy (non-hydrogen) atoms. The minimum absolute atomic E-state index is 0.0214. The molecule has 0 unspecified atom stereocenters. The summed E-state index contributed by atoms with van der Waals surface area (Å²) in [6, 6.07) is 15.5. The van der Waals surface area contributed by atoms with E-state index >= 15 is 0 Å². The Balaban J connectivity index is 1.53. The fourth-order valence-electron chi connectivity index (χ4n) is 4.29. The monoisotopic (exact) mass is 365 g/mol. The van der Waals surface area contributed by atoms with Crippen LogP contribution in [0.4, 0.5) is 4.79 Å². The number of fused-ring (bicyclic) bond motifs is 3. The maximum absolute atomic E-state index is 12.7. The van der Waals surface area contributed by atoms with Crippen LogP contribution in [0.3, 0.4) is 0 Å². The summed E-state index contributed by atoms with van der Waals surface area (Å²) < 4.78 is 5.63. The number of aliphatic carboxylic acids is 1. The molecular formula is C22H23NO4. The number of rotatable bonds is 3. The third kappa shape index (κ3) is 3.18. The summed E-state index contributed by atoms with van der Waals surface area (Å²) in [5, 5.41) is 9.43. The zero-order chi connectivity index (χ0) is 19.0. The first-order valence-electron chi connectivity index (χ1n) is 9.40. The minimum Gasteiger partial charge on any atom is -0.480 e. The highest BCUT2D eigenvalue weighted by Crippen LogP contribution is 2.44. The maximum atomic E-state index is 12.7. The van der Waals surface area contributed by atoms with Crippen molar-refractivity contribution in [3.05, 3.63) is 59.7 Å². The van der Waals surface area contributed by atoms with Crippen molar-refractivity contribution in [1.82, 2.24) is 4.90 Å². The number of nitrogens with zero attached hydrogens (tertiary/aromatic N) is 1. The molecule has 140 valence electrons. The van der Waals surface area contributed by atoms with Gasteiger partial charge >= 0.3 is 12.1 Å². The van der Waals surface area contributed by atoms with E-state index in [-0.39, 0.29) is 18.4 Å². The first-order valence-corrected chi connectivity index (χ1v) is 9.40. The summed E-state index contributed by atoms with van der Waals surface area (Å²) >= 11 is 0. The Hall–Kier alpha value is -2.82. The van der Waals surface area contributed by atoms with Crippen molar-refractivity contribution in [2.75, 3.05) is 13.2 Å². The van der Waals surface area contributed by atoms with Crippen LogP contribution < -0.4 is 0 Å². The lowest BCUT2D eigenvalue weighted by Gasteiger charge is -2.35. The van der Waals surface area contributed by atoms with Gasteiger partial charge in [0, 0.05) is 12.5 Å². The van der Waals surface area contributed by atoms with Gasteiger partial charge in [-0.25, -0.2) is 9.59 Å². The standard InChI is InChI=1S/C22H23NO4/c1-14-10-11-20(21(24)25)23(12-14)22(26)27-13-19-17-8-4-2-6-15(17)16-7-3-5-9-18(16)19/h2-9,14,19-20H,10-13H2,1H3,(H,24,25)/t14-,20-/m1/s1. The van der Waals surface area contributed by atoms with E-state index in [1.807, 2.05) is 31.2 Å². The fraction of sp³-hybridized carbons (Fsp3) is 0.364. The van der Waals surface area contributed by atoms with Gasteiger partial charge in [-0.2, -0.15) is 0 Å². The smallest absolute Gasteiger partial charge is 0.410 e. The summed E-state index contributed by atoms with van der Waals surface area (Å²) in [5.74, 6) is -0.705. The first-order chi connectivity index (χ1) is 13.1. The fourth-order valence-corrected chi connectivity index (χ4v) is 4.29. The van der Waals surface area contributed by atoms with Crippen LogP contribution in [0.15, 0.2) is 48.5 Å². The lowest BCUT2D eigenvalue weighted by Crippen LogP contribution is -2.50. The van der Waals surface area contributed by atoms with Gasteiger partial charge in [-0.15, -0.1) is 0 Å². The van der Waals surface area contributed by atoms with Gasteiger partial charge in [0.2, 0.25) is 0 Å². The number of carboxylic acid groups (broad SMARTS) is 1. The molecule has 0 radical (unpaired) electrons. The number of carboxylic acids is 1. The van der Waals surface area contributed by atoms with E-state index in [9.17, 15) is 14.7 Å². The second-order valence-corrected chi connectivity index (χ2v) is 7.49. The number of benzene rings is 2.